The molecule has 0 radical (unpaired) electrons. The summed E-state index contributed by atoms with van der Waals surface area (Å²) in [7, 11) is 0. The fourth-order valence-corrected chi connectivity index (χ4v) is 2.71. The largest absolute Gasteiger partial charge is 0.423 e. The molecule has 2 aromatic rings. The van der Waals surface area contributed by atoms with E-state index in [-0.39, 0.29) is 0 Å². The van der Waals surface area contributed by atoms with Gasteiger partial charge < -0.3 is 15.1 Å². The van der Waals surface area contributed by atoms with Crippen molar-refractivity contribution in [1.29, 1.82) is 0 Å². The van der Waals surface area contributed by atoms with E-state index < -0.39 is 0 Å². The number of nitrogens with two attached hydrogens (primary N) is 1. The van der Waals surface area contributed by atoms with Crippen LogP contribution >= 0.6 is 0 Å². The van der Waals surface area contributed by atoms with Gasteiger partial charge in [-0.25, -0.2) is 0 Å². The monoisotopic (exact) mass is 259 g/mol. The van der Waals surface area contributed by atoms with E-state index in [1.807, 2.05) is 18.2 Å². The topological polar surface area (TPSA) is 55.3 Å². The third-order valence-corrected chi connectivity index (χ3v) is 4.05. The number of nitrogens with zero attached hydrogens (tertiary/aromatic N) is 2. The summed E-state index contributed by atoms with van der Waals surface area (Å²) in [5.74, 6) is 0. The Hall–Kier alpha value is -1.71. The average molecular weight is 259 g/mol. The fraction of sp³-hybridized carbons (Fsp3) is 0.533. The molecular formula is C15H21N3O. The first-order valence-electron chi connectivity index (χ1n) is 6.95. The molecule has 0 amide bonds. The molecule has 1 aliphatic heterocycles. The Bertz CT molecular complexity index is 588. The van der Waals surface area contributed by atoms with Gasteiger partial charge in [-0.05, 0) is 36.8 Å². The van der Waals surface area contributed by atoms with Gasteiger partial charge in [-0.15, -0.1) is 0 Å². The summed E-state index contributed by atoms with van der Waals surface area (Å²) in [4.78, 5) is 6.80. The SMILES string of the molecule is CC1(C)CCCN(c2nc3c(N)cccc3o2)CC1. The molecule has 4 nitrogen and oxygen atoms in total. The minimum Gasteiger partial charge on any atom is -0.423 e. The number of nitrogen functional groups attached to an aromatic ring is 1. The molecule has 1 aliphatic rings. The second-order valence-corrected chi connectivity index (χ2v) is 6.20. The normalized spacial score (nSPS) is 19.6. The lowest BCUT2D eigenvalue weighted by Crippen LogP contribution is -2.25. The number of aromatic nitrogens is 1. The number of benzene rings is 1. The molecule has 1 aromatic carbocycles. The Morgan fingerprint density at radius 2 is 2.11 bits per heavy atom. The summed E-state index contributed by atoms with van der Waals surface area (Å²) in [5, 5.41) is 0. The first-order chi connectivity index (χ1) is 9.05. The lowest BCUT2D eigenvalue weighted by molar-refractivity contribution is 0.324. The van der Waals surface area contributed by atoms with Crippen molar-refractivity contribution in [2.24, 2.45) is 5.41 Å². The quantitative estimate of drug-likeness (QED) is 0.797. The molecular weight excluding hydrogens is 238 g/mol. The van der Waals surface area contributed by atoms with Gasteiger partial charge in [-0.1, -0.05) is 19.9 Å². The average Bonchev–Trinajstić information content (AvgIpc) is 2.70. The second-order valence-electron chi connectivity index (χ2n) is 6.20. The second kappa shape index (κ2) is 4.44. The van der Waals surface area contributed by atoms with Gasteiger partial charge >= 0.3 is 0 Å². The molecule has 0 bridgehead atoms. The molecule has 19 heavy (non-hydrogen) atoms. The van der Waals surface area contributed by atoms with Crippen LogP contribution in [0.1, 0.15) is 33.1 Å². The van der Waals surface area contributed by atoms with Crippen molar-refractivity contribution < 1.29 is 4.42 Å². The fourth-order valence-electron chi connectivity index (χ4n) is 2.71. The number of anilines is 2. The van der Waals surface area contributed by atoms with Crippen molar-refractivity contribution in [3.63, 3.8) is 0 Å². The Kier molecular flexibility index (Phi) is 2.88. The van der Waals surface area contributed by atoms with Crippen molar-refractivity contribution >= 4 is 22.8 Å². The number of hydrogen-bond acceptors (Lipinski definition) is 4. The van der Waals surface area contributed by atoms with Crippen LogP contribution in [0.15, 0.2) is 22.6 Å². The van der Waals surface area contributed by atoms with E-state index in [4.69, 9.17) is 10.2 Å². The standard InChI is InChI=1S/C15H21N3O/c1-15(2)7-4-9-18(10-8-15)14-17-13-11(16)5-3-6-12(13)19-14/h3,5-6H,4,7-10,16H2,1-2H3. The van der Waals surface area contributed by atoms with Gasteiger partial charge in [-0.3, -0.25) is 0 Å². The molecule has 1 aromatic heterocycles. The predicted octanol–water partition coefficient (Wildman–Crippen LogP) is 3.43. The molecule has 2 N–H and O–H groups in total. The number of rotatable bonds is 1. The summed E-state index contributed by atoms with van der Waals surface area (Å²) < 4.78 is 5.85. The zero-order valence-electron chi connectivity index (χ0n) is 11.6. The van der Waals surface area contributed by atoms with E-state index in [1.54, 1.807) is 0 Å². The van der Waals surface area contributed by atoms with Gasteiger partial charge in [0.05, 0.1) is 5.69 Å². The minimum absolute atomic E-state index is 0.416. The molecule has 0 unspecified atom stereocenters. The van der Waals surface area contributed by atoms with Gasteiger partial charge in [0, 0.05) is 13.1 Å². The molecule has 0 saturated carbocycles. The molecule has 2 heterocycles. The van der Waals surface area contributed by atoms with Gasteiger partial charge in [0.15, 0.2) is 5.58 Å². The van der Waals surface area contributed by atoms with E-state index in [0.29, 0.717) is 17.1 Å². The van der Waals surface area contributed by atoms with Gasteiger partial charge in [0.1, 0.15) is 5.52 Å². The maximum atomic E-state index is 5.93. The highest BCUT2D eigenvalue weighted by molar-refractivity contribution is 5.86. The molecule has 0 aliphatic carbocycles. The van der Waals surface area contributed by atoms with Crippen LogP contribution in [0, 0.1) is 5.41 Å². The van der Waals surface area contributed by atoms with Gasteiger partial charge in [-0.2, -0.15) is 4.98 Å². The van der Waals surface area contributed by atoms with E-state index in [0.717, 1.165) is 24.2 Å². The number of oxazole rings is 1. The Labute approximate surface area is 113 Å². The Balaban J connectivity index is 1.90. The van der Waals surface area contributed by atoms with Crippen LogP contribution in [-0.4, -0.2) is 18.1 Å². The highest BCUT2D eigenvalue weighted by Crippen LogP contribution is 2.33. The zero-order valence-corrected chi connectivity index (χ0v) is 11.6. The summed E-state index contributed by atoms with van der Waals surface area (Å²) in [6.45, 7) is 6.68. The highest BCUT2D eigenvalue weighted by Gasteiger charge is 2.25. The summed E-state index contributed by atoms with van der Waals surface area (Å²) in [6.07, 6.45) is 3.61. The van der Waals surface area contributed by atoms with Crippen LogP contribution in [-0.2, 0) is 0 Å². The van der Waals surface area contributed by atoms with Crippen molar-refractivity contribution in [2.45, 2.75) is 33.1 Å². The predicted molar refractivity (Wildman–Crippen MR) is 78.3 cm³/mol. The first kappa shape index (κ1) is 12.3. The lowest BCUT2D eigenvalue weighted by atomic mass is 9.85. The first-order valence-corrected chi connectivity index (χ1v) is 6.95. The molecule has 1 saturated heterocycles. The summed E-state index contributed by atoms with van der Waals surface area (Å²) >= 11 is 0. The van der Waals surface area contributed by atoms with Gasteiger partial charge in [0.2, 0.25) is 0 Å². The molecule has 4 heteroatoms. The zero-order chi connectivity index (χ0) is 13.5. The Morgan fingerprint density at radius 1 is 1.26 bits per heavy atom. The van der Waals surface area contributed by atoms with E-state index in [1.165, 1.54) is 19.3 Å². The smallest absolute Gasteiger partial charge is 0.298 e. The van der Waals surface area contributed by atoms with Crippen LogP contribution in [0.3, 0.4) is 0 Å². The van der Waals surface area contributed by atoms with Crippen LogP contribution in [0.25, 0.3) is 11.1 Å². The third-order valence-electron chi connectivity index (χ3n) is 4.05. The summed E-state index contributed by atoms with van der Waals surface area (Å²) in [6, 6.07) is 6.40. The maximum absolute atomic E-state index is 5.93. The number of fused-ring (bicyclic) bond motifs is 1. The molecule has 0 spiro atoms. The third kappa shape index (κ3) is 2.39. The molecule has 0 atom stereocenters. The van der Waals surface area contributed by atoms with E-state index in [9.17, 15) is 0 Å². The lowest BCUT2D eigenvalue weighted by Gasteiger charge is -2.22. The number of para-hydroxylation sites is 1. The molecule has 3 rings (SSSR count). The van der Waals surface area contributed by atoms with Crippen molar-refractivity contribution in [1.82, 2.24) is 4.98 Å². The maximum Gasteiger partial charge on any atom is 0.298 e. The Morgan fingerprint density at radius 3 is 2.89 bits per heavy atom. The van der Waals surface area contributed by atoms with Crippen molar-refractivity contribution in [2.75, 3.05) is 23.7 Å². The molecule has 102 valence electrons. The van der Waals surface area contributed by atoms with Crippen molar-refractivity contribution in [3.05, 3.63) is 18.2 Å². The molecule has 1 fully saturated rings. The van der Waals surface area contributed by atoms with Gasteiger partial charge in [0.25, 0.3) is 6.01 Å². The van der Waals surface area contributed by atoms with E-state index in [2.05, 4.69) is 23.7 Å². The van der Waals surface area contributed by atoms with Crippen LogP contribution in [0.4, 0.5) is 11.7 Å². The highest BCUT2D eigenvalue weighted by atomic mass is 16.4. The minimum atomic E-state index is 0.416. The van der Waals surface area contributed by atoms with Crippen LogP contribution < -0.4 is 10.6 Å². The van der Waals surface area contributed by atoms with E-state index >= 15 is 0 Å². The summed E-state index contributed by atoms with van der Waals surface area (Å²) in [5.41, 5.74) is 8.59. The number of hydrogen-bond donors (Lipinski definition) is 1. The van der Waals surface area contributed by atoms with Crippen LogP contribution in [0.5, 0.6) is 0 Å². The van der Waals surface area contributed by atoms with Crippen LogP contribution in [0.2, 0.25) is 0 Å². The van der Waals surface area contributed by atoms with Crippen molar-refractivity contribution in [3.8, 4) is 0 Å².